The van der Waals surface area contributed by atoms with Crippen LogP contribution >= 0.6 is 0 Å². The van der Waals surface area contributed by atoms with Crippen LogP contribution in [0.25, 0.3) is 0 Å². The van der Waals surface area contributed by atoms with Gasteiger partial charge >= 0.3 is 0 Å². The summed E-state index contributed by atoms with van der Waals surface area (Å²) in [6.45, 7) is 7.87. The summed E-state index contributed by atoms with van der Waals surface area (Å²) in [7, 11) is 0. The number of hydrogen-bond donors (Lipinski definition) is 1. The lowest BCUT2D eigenvalue weighted by Crippen LogP contribution is -2.32. The van der Waals surface area contributed by atoms with Gasteiger partial charge in [0.2, 0.25) is 0 Å². The highest BCUT2D eigenvalue weighted by molar-refractivity contribution is 5.55. The minimum Gasteiger partial charge on any atom is -0.384 e. The Morgan fingerprint density at radius 3 is 2.82 bits per heavy atom. The molecule has 94 valence electrons. The molecule has 0 radical (unpaired) electrons. The van der Waals surface area contributed by atoms with E-state index >= 15 is 0 Å². The van der Waals surface area contributed by atoms with Crippen LogP contribution in [0.2, 0.25) is 0 Å². The van der Waals surface area contributed by atoms with Crippen LogP contribution in [-0.2, 0) is 0 Å². The zero-order valence-electron chi connectivity index (χ0n) is 10.9. The molecule has 17 heavy (non-hydrogen) atoms. The molecule has 0 aliphatic carbocycles. The summed E-state index contributed by atoms with van der Waals surface area (Å²) in [5.74, 6) is 0.876. The third kappa shape index (κ3) is 3.35. The molecule has 1 N–H and O–H groups in total. The van der Waals surface area contributed by atoms with Gasteiger partial charge in [-0.25, -0.2) is 0 Å². The van der Waals surface area contributed by atoms with Gasteiger partial charge in [0.15, 0.2) is 0 Å². The molecule has 2 heterocycles. The maximum Gasteiger partial charge on any atom is 0.0573 e. The molecule has 0 spiro atoms. The lowest BCUT2D eigenvalue weighted by molar-refractivity contribution is 0.438. The Kier molecular flexibility index (Phi) is 4.24. The maximum atomic E-state index is 4.33. The molecule has 0 bridgehead atoms. The quantitative estimate of drug-likeness (QED) is 0.866. The van der Waals surface area contributed by atoms with Crippen molar-refractivity contribution < 1.29 is 0 Å². The smallest absolute Gasteiger partial charge is 0.0573 e. The minimum atomic E-state index is 0.876. The molecule has 0 aromatic carbocycles. The minimum absolute atomic E-state index is 0.876. The molecular formula is C14H23N3. The van der Waals surface area contributed by atoms with Crippen LogP contribution in [0.4, 0.5) is 11.4 Å². The molecule has 1 aliphatic heterocycles. The molecule has 3 nitrogen and oxygen atoms in total. The SMILES string of the molecule is CCCNc1cncc(N2CCC(C)CC2)c1. The fourth-order valence-electron chi connectivity index (χ4n) is 2.23. The van der Waals surface area contributed by atoms with Crippen molar-refractivity contribution in [3.05, 3.63) is 18.5 Å². The van der Waals surface area contributed by atoms with Gasteiger partial charge in [0, 0.05) is 19.6 Å². The van der Waals surface area contributed by atoms with Gasteiger partial charge in [-0.3, -0.25) is 4.98 Å². The van der Waals surface area contributed by atoms with Gasteiger partial charge < -0.3 is 10.2 Å². The maximum absolute atomic E-state index is 4.33. The van der Waals surface area contributed by atoms with Gasteiger partial charge in [0.1, 0.15) is 0 Å². The van der Waals surface area contributed by atoms with Crippen molar-refractivity contribution in [2.45, 2.75) is 33.1 Å². The molecule has 0 atom stereocenters. The van der Waals surface area contributed by atoms with E-state index in [1.54, 1.807) is 0 Å². The van der Waals surface area contributed by atoms with Gasteiger partial charge in [-0.2, -0.15) is 0 Å². The Labute approximate surface area is 104 Å². The third-order valence-corrected chi connectivity index (χ3v) is 3.45. The average molecular weight is 233 g/mol. The molecule has 0 unspecified atom stereocenters. The van der Waals surface area contributed by atoms with Gasteiger partial charge in [-0.15, -0.1) is 0 Å². The van der Waals surface area contributed by atoms with Crippen molar-refractivity contribution in [3.8, 4) is 0 Å². The van der Waals surface area contributed by atoms with Crippen LogP contribution < -0.4 is 10.2 Å². The van der Waals surface area contributed by atoms with Crippen molar-refractivity contribution in [1.29, 1.82) is 0 Å². The first-order valence-corrected chi connectivity index (χ1v) is 6.73. The van der Waals surface area contributed by atoms with Gasteiger partial charge in [0.25, 0.3) is 0 Å². The number of rotatable bonds is 4. The lowest BCUT2D eigenvalue weighted by Gasteiger charge is -2.32. The Hall–Kier alpha value is -1.25. The van der Waals surface area contributed by atoms with Crippen molar-refractivity contribution >= 4 is 11.4 Å². The van der Waals surface area contributed by atoms with E-state index in [0.717, 1.165) is 24.6 Å². The van der Waals surface area contributed by atoms with E-state index in [-0.39, 0.29) is 0 Å². The Morgan fingerprint density at radius 2 is 2.12 bits per heavy atom. The number of piperidine rings is 1. The van der Waals surface area contributed by atoms with Crippen molar-refractivity contribution in [2.75, 3.05) is 29.9 Å². The van der Waals surface area contributed by atoms with Crippen LogP contribution in [0.3, 0.4) is 0 Å². The standard InChI is InChI=1S/C14H23N3/c1-3-6-16-13-9-14(11-15-10-13)17-7-4-12(2)5-8-17/h9-12,16H,3-8H2,1-2H3. The van der Waals surface area contributed by atoms with E-state index in [1.165, 1.54) is 31.6 Å². The van der Waals surface area contributed by atoms with Gasteiger partial charge in [0.05, 0.1) is 23.8 Å². The topological polar surface area (TPSA) is 28.2 Å². The first-order chi connectivity index (χ1) is 8.29. The molecule has 1 saturated heterocycles. The fourth-order valence-corrected chi connectivity index (χ4v) is 2.23. The third-order valence-electron chi connectivity index (χ3n) is 3.45. The van der Waals surface area contributed by atoms with Crippen molar-refractivity contribution in [3.63, 3.8) is 0 Å². The second-order valence-electron chi connectivity index (χ2n) is 5.03. The number of nitrogens with zero attached hydrogens (tertiary/aromatic N) is 2. The molecular weight excluding hydrogens is 210 g/mol. The van der Waals surface area contributed by atoms with E-state index in [4.69, 9.17) is 0 Å². The normalized spacial score (nSPS) is 17.2. The molecule has 1 aromatic rings. The second-order valence-corrected chi connectivity index (χ2v) is 5.03. The number of aromatic nitrogens is 1. The summed E-state index contributed by atoms with van der Waals surface area (Å²) in [4.78, 5) is 6.78. The first kappa shape index (κ1) is 12.2. The van der Waals surface area contributed by atoms with Crippen molar-refractivity contribution in [2.24, 2.45) is 5.92 Å². The molecule has 1 aliphatic rings. The van der Waals surface area contributed by atoms with E-state index in [1.807, 2.05) is 12.4 Å². The van der Waals surface area contributed by atoms with E-state index in [0.29, 0.717) is 0 Å². The predicted octanol–water partition coefficient (Wildman–Crippen LogP) is 3.14. The van der Waals surface area contributed by atoms with Crippen LogP contribution in [0.15, 0.2) is 18.5 Å². The van der Waals surface area contributed by atoms with Gasteiger partial charge in [-0.05, 0) is 31.2 Å². The highest BCUT2D eigenvalue weighted by Crippen LogP contribution is 2.24. The zero-order chi connectivity index (χ0) is 12.1. The van der Waals surface area contributed by atoms with Crippen LogP contribution in [0.5, 0.6) is 0 Å². The summed E-state index contributed by atoms with van der Waals surface area (Å²) in [5.41, 5.74) is 2.40. The predicted molar refractivity (Wildman–Crippen MR) is 73.6 cm³/mol. The van der Waals surface area contributed by atoms with E-state index < -0.39 is 0 Å². The number of pyridine rings is 1. The number of anilines is 2. The second kappa shape index (κ2) is 5.89. The molecule has 0 saturated carbocycles. The number of nitrogens with one attached hydrogen (secondary N) is 1. The molecule has 1 fully saturated rings. The Bertz CT molecular complexity index is 343. The highest BCUT2D eigenvalue weighted by atomic mass is 15.1. The summed E-state index contributed by atoms with van der Waals surface area (Å²) in [5, 5.41) is 3.39. The monoisotopic (exact) mass is 233 g/mol. The molecule has 3 heteroatoms. The average Bonchev–Trinajstić information content (AvgIpc) is 2.37. The summed E-state index contributed by atoms with van der Waals surface area (Å²) in [6, 6.07) is 2.22. The van der Waals surface area contributed by atoms with Crippen LogP contribution in [0, 0.1) is 5.92 Å². The largest absolute Gasteiger partial charge is 0.384 e. The zero-order valence-corrected chi connectivity index (χ0v) is 10.9. The summed E-state index contributed by atoms with van der Waals surface area (Å²) in [6.07, 6.45) is 7.63. The summed E-state index contributed by atoms with van der Waals surface area (Å²) >= 11 is 0. The van der Waals surface area contributed by atoms with E-state index in [2.05, 4.69) is 35.1 Å². The Balaban J connectivity index is 2.00. The molecule has 0 amide bonds. The molecule has 1 aromatic heterocycles. The highest BCUT2D eigenvalue weighted by Gasteiger charge is 2.16. The van der Waals surface area contributed by atoms with Crippen LogP contribution in [0.1, 0.15) is 33.1 Å². The Morgan fingerprint density at radius 1 is 1.35 bits per heavy atom. The van der Waals surface area contributed by atoms with Gasteiger partial charge in [-0.1, -0.05) is 13.8 Å². The molecule has 2 rings (SSSR count). The first-order valence-electron chi connectivity index (χ1n) is 6.73. The number of hydrogen-bond acceptors (Lipinski definition) is 3. The lowest BCUT2D eigenvalue weighted by atomic mass is 9.99. The van der Waals surface area contributed by atoms with Crippen molar-refractivity contribution in [1.82, 2.24) is 4.98 Å². The van der Waals surface area contributed by atoms with E-state index in [9.17, 15) is 0 Å². The summed E-state index contributed by atoms with van der Waals surface area (Å²) < 4.78 is 0. The van der Waals surface area contributed by atoms with Crippen LogP contribution in [-0.4, -0.2) is 24.6 Å². The fraction of sp³-hybridized carbons (Fsp3) is 0.643.